The number of hydrogen-bond acceptors (Lipinski definition) is 7. The summed E-state index contributed by atoms with van der Waals surface area (Å²) in [5.41, 5.74) is 0.440. The predicted molar refractivity (Wildman–Crippen MR) is 203 cm³/mol. The Labute approximate surface area is 316 Å². The van der Waals surface area contributed by atoms with Gasteiger partial charge in [0, 0.05) is 48.8 Å². The summed E-state index contributed by atoms with van der Waals surface area (Å²) in [6, 6.07) is 3.38. The molecule has 5 aliphatic rings. The van der Waals surface area contributed by atoms with Crippen molar-refractivity contribution < 1.29 is 34.1 Å². The van der Waals surface area contributed by atoms with Crippen LogP contribution in [-0.2, 0) is 19.1 Å². The minimum atomic E-state index is -1.18. The second kappa shape index (κ2) is 13.3. The van der Waals surface area contributed by atoms with Crippen molar-refractivity contribution in [2.45, 2.75) is 139 Å². The summed E-state index contributed by atoms with van der Waals surface area (Å²) in [7, 11) is 1.73. The highest BCUT2D eigenvalue weighted by Crippen LogP contribution is 2.77. The number of pyridine rings is 1. The van der Waals surface area contributed by atoms with Crippen molar-refractivity contribution in [3.8, 4) is 0 Å². The molecule has 5 aliphatic carbocycles. The summed E-state index contributed by atoms with van der Waals surface area (Å²) in [5.74, 6) is -0.459. The summed E-state index contributed by atoms with van der Waals surface area (Å²) < 4.78 is 6.15. The number of nitrogens with zero attached hydrogens (tertiary/aromatic N) is 2. The molecule has 2 N–H and O–H groups in total. The molecule has 0 spiro atoms. The number of aliphatic carboxylic acids is 1. The van der Waals surface area contributed by atoms with Crippen molar-refractivity contribution in [3.05, 3.63) is 41.2 Å². The van der Waals surface area contributed by atoms with Crippen molar-refractivity contribution >= 4 is 23.6 Å². The Balaban J connectivity index is 1.28. The Morgan fingerprint density at radius 2 is 1.60 bits per heavy atom. The smallest absolute Gasteiger partial charge is 0.309 e. The number of carboxylic acid groups (broad SMARTS) is 1. The fourth-order valence-electron chi connectivity index (χ4n) is 13.1. The van der Waals surface area contributed by atoms with Gasteiger partial charge >= 0.3 is 11.9 Å². The van der Waals surface area contributed by atoms with Crippen LogP contribution in [0, 0.1) is 56.2 Å². The van der Waals surface area contributed by atoms with E-state index < -0.39 is 28.9 Å². The van der Waals surface area contributed by atoms with Crippen LogP contribution < -0.4 is 0 Å². The van der Waals surface area contributed by atoms with Crippen LogP contribution in [0.15, 0.2) is 35.7 Å². The molecular weight excluding hydrogens is 668 g/mol. The predicted octanol–water partition coefficient (Wildman–Crippen LogP) is 7.91. The number of carboxylic acids is 1. The minimum Gasteiger partial charge on any atom is -0.481 e. The Morgan fingerprint density at radius 3 is 2.23 bits per heavy atom. The standard InChI is InChI=1S/C44H64N2O7/c1-26(2)35-29(47)23-44(32(48)25-46(10)37(50)27-15-21-45-22-16-27)20-19-42(8)28(36(35)44)11-12-31-41(7)17-14-33(53-34(49)24-39(3,4)38(51)52)40(5,6)30(41)13-18-43(31,42)9/h15-16,21-22,26,28,30-33,48H,11-14,17-20,23-25H2,1-10H3,(H,51,52). The number of allylic oxidation sites excluding steroid dienone is 1. The van der Waals surface area contributed by atoms with E-state index in [1.54, 1.807) is 50.3 Å². The minimum absolute atomic E-state index is 0.00177. The average molecular weight is 733 g/mol. The maximum absolute atomic E-state index is 14.1. The van der Waals surface area contributed by atoms with Crippen LogP contribution in [0.25, 0.3) is 0 Å². The van der Waals surface area contributed by atoms with Gasteiger partial charge in [-0.2, -0.15) is 0 Å². The first kappa shape index (κ1) is 39.6. The molecule has 1 aromatic heterocycles. The number of likely N-dealkylation sites (N-methyl/N-ethyl adjacent to an activating group) is 1. The summed E-state index contributed by atoms with van der Waals surface area (Å²) in [6.45, 7) is 19.5. The summed E-state index contributed by atoms with van der Waals surface area (Å²) in [4.78, 5) is 57.9. The van der Waals surface area contributed by atoms with Crippen molar-refractivity contribution in [2.75, 3.05) is 13.6 Å². The van der Waals surface area contributed by atoms with E-state index in [-0.39, 0.29) is 64.3 Å². The number of carbonyl (C=O) groups is 4. The van der Waals surface area contributed by atoms with Gasteiger partial charge in [0.15, 0.2) is 5.78 Å². The number of hydrogen-bond donors (Lipinski definition) is 2. The van der Waals surface area contributed by atoms with Crippen LogP contribution in [0.4, 0.5) is 0 Å². The highest BCUT2D eigenvalue weighted by atomic mass is 16.5. The van der Waals surface area contributed by atoms with Gasteiger partial charge in [0.25, 0.3) is 5.91 Å². The maximum atomic E-state index is 14.1. The van der Waals surface area contributed by atoms with Crippen molar-refractivity contribution in [1.29, 1.82) is 0 Å². The molecule has 0 bridgehead atoms. The number of fused-ring (bicyclic) bond motifs is 7. The van der Waals surface area contributed by atoms with Crippen LogP contribution >= 0.6 is 0 Å². The normalized spacial score (nSPS) is 36.9. The van der Waals surface area contributed by atoms with Crippen LogP contribution in [0.2, 0.25) is 0 Å². The molecule has 0 saturated heterocycles. The SMILES string of the molecule is CC(C)C1=C2C3CCC4C5(C)CCC(OC(=O)CC(C)(C)C(=O)O)C(C)(C)C5CCC4(C)C3(C)CCC2(C(O)CN(C)C(=O)c2ccncc2)CC1=O. The molecule has 1 heterocycles. The number of amides is 1. The largest absolute Gasteiger partial charge is 0.481 e. The molecule has 292 valence electrons. The van der Waals surface area contributed by atoms with Gasteiger partial charge in [-0.3, -0.25) is 24.2 Å². The molecule has 9 heteroatoms. The van der Waals surface area contributed by atoms with Gasteiger partial charge in [-0.1, -0.05) is 54.0 Å². The third kappa shape index (κ3) is 6.01. The number of ketones is 1. The first-order chi connectivity index (χ1) is 24.6. The summed E-state index contributed by atoms with van der Waals surface area (Å²) in [5, 5.41) is 21.9. The zero-order chi connectivity index (χ0) is 39.1. The highest BCUT2D eigenvalue weighted by Gasteiger charge is 2.71. The van der Waals surface area contributed by atoms with Crippen molar-refractivity contribution in [3.63, 3.8) is 0 Å². The first-order valence-electron chi connectivity index (χ1n) is 20.1. The third-order valence-electron chi connectivity index (χ3n) is 16.2. The van der Waals surface area contributed by atoms with Crippen molar-refractivity contribution in [2.24, 2.45) is 56.2 Å². The Hall–Kier alpha value is -3.07. The van der Waals surface area contributed by atoms with Gasteiger partial charge in [-0.05, 0) is 123 Å². The number of aliphatic hydroxyl groups excluding tert-OH is 1. The van der Waals surface area contributed by atoms with E-state index in [1.807, 2.05) is 0 Å². The monoisotopic (exact) mass is 732 g/mol. The van der Waals surface area contributed by atoms with Gasteiger partial charge in [-0.25, -0.2) is 0 Å². The van der Waals surface area contributed by atoms with E-state index in [0.717, 1.165) is 50.5 Å². The quantitative estimate of drug-likeness (QED) is 0.245. The molecule has 6 rings (SSSR count). The number of carbonyl (C=O) groups excluding carboxylic acids is 3. The highest BCUT2D eigenvalue weighted by molar-refractivity contribution is 6.01. The van der Waals surface area contributed by atoms with Crippen LogP contribution in [-0.4, -0.2) is 69.5 Å². The van der Waals surface area contributed by atoms with Gasteiger partial charge < -0.3 is 19.8 Å². The van der Waals surface area contributed by atoms with Crippen LogP contribution in [0.1, 0.15) is 137 Å². The lowest BCUT2D eigenvalue weighted by atomic mass is 9.33. The number of rotatable bonds is 9. The van der Waals surface area contributed by atoms with Crippen molar-refractivity contribution in [1.82, 2.24) is 9.88 Å². The molecule has 4 saturated carbocycles. The molecule has 4 fully saturated rings. The third-order valence-corrected chi connectivity index (χ3v) is 16.2. The Kier molecular flexibility index (Phi) is 9.94. The number of aromatic nitrogens is 1. The number of Topliss-reactive ketones (excluding diaryl/α,β-unsaturated/α-hetero) is 1. The molecule has 9 atom stereocenters. The van der Waals surface area contributed by atoms with E-state index in [4.69, 9.17) is 4.74 Å². The fraction of sp³-hybridized carbons (Fsp3) is 0.750. The van der Waals surface area contributed by atoms with Crippen LogP contribution in [0.3, 0.4) is 0 Å². The number of esters is 1. The van der Waals surface area contributed by atoms with E-state index >= 15 is 0 Å². The molecule has 9 unspecified atom stereocenters. The lowest BCUT2D eigenvalue weighted by Gasteiger charge is -2.72. The molecule has 53 heavy (non-hydrogen) atoms. The molecule has 1 aromatic rings. The summed E-state index contributed by atoms with van der Waals surface area (Å²) in [6.07, 6.45) is 9.59. The zero-order valence-corrected chi connectivity index (χ0v) is 33.9. The first-order valence-corrected chi connectivity index (χ1v) is 20.1. The van der Waals surface area contributed by atoms with E-state index in [1.165, 1.54) is 5.57 Å². The lowest BCUT2D eigenvalue weighted by molar-refractivity contribution is -0.235. The van der Waals surface area contributed by atoms with Gasteiger partial charge in [0.2, 0.25) is 0 Å². The number of aliphatic hydroxyl groups is 1. The second-order valence-electron chi connectivity index (χ2n) is 20.0. The fourth-order valence-corrected chi connectivity index (χ4v) is 13.1. The van der Waals surface area contributed by atoms with Gasteiger partial charge in [0.05, 0.1) is 17.9 Å². The van der Waals surface area contributed by atoms with Gasteiger partial charge in [0.1, 0.15) is 6.10 Å². The number of ether oxygens (including phenoxy) is 1. The Morgan fingerprint density at radius 1 is 0.943 bits per heavy atom. The Bertz CT molecular complexity index is 1680. The van der Waals surface area contributed by atoms with Crippen LogP contribution in [0.5, 0.6) is 0 Å². The molecule has 9 nitrogen and oxygen atoms in total. The van der Waals surface area contributed by atoms with E-state index in [0.29, 0.717) is 30.2 Å². The maximum Gasteiger partial charge on any atom is 0.309 e. The van der Waals surface area contributed by atoms with Gasteiger partial charge in [-0.15, -0.1) is 0 Å². The topological polar surface area (TPSA) is 134 Å². The second-order valence-corrected chi connectivity index (χ2v) is 20.0. The molecule has 0 aliphatic heterocycles. The lowest BCUT2D eigenvalue weighted by Crippen LogP contribution is -2.66. The van der Waals surface area contributed by atoms with E-state index in [9.17, 15) is 29.4 Å². The summed E-state index contributed by atoms with van der Waals surface area (Å²) >= 11 is 0. The zero-order valence-electron chi connectivity index (χ0n) is 33.9. The molecule has 0 aromatic carbocycles. The van der Waals surface area contributed by atoms with E-state index in [2.05, 4.69) is 53.5 Å². The molecule has 0 radical (unpaired) electrons. The average Bonchev–Trinajstić information content (AvgIpc) is 3.39. The molecular formula is C44H64N2O7. The molecule has 1 amide bonds.